The molecular weight excluding hydrogens is 656 g/mol. The number of morpholine rings is 1. The fraction of sp³-hybridized carbons (Fsp3) is 0.289. The Bertz CT molecular complexity index is 2390. The Morgan fingerprint density at radius 3 is 2.53 bits per heavy atom. The lowest BCUT2D eigenvalue weighted by molar-refractivity contribution is 0.0342. The average Bonchev–Trinajstić information content (AvgIpc) is 3.57. The third-order valence-corrected chi connectivity index (χ3v) is 9.87. The van der Waals surface area contributed by atoms with Gasteiger partial charge in [-0.2, -0.15) is 0 Å². The molecule has 1 aliphatic heterocycles. The molecule has 13 heteroatoms. The standard InChI is InChI=1S/C38H35F2N7O4/c39-26-8-13-34-43-33(23-45(34)22-26)36(48)42-28-9-11-29(12-10-28)47-37(49)32-19-27(40)20-41-35(32)46(38(47)50)30-6-3-5-24(18-30)31-7-2-1-4-25(31)21-44-14-16-51-17-15-44/h1-8,13,18-20,22-23,28-29H,9-12,14-17,21H2,(H,42,48). The van der Waals surface area contributed by atoms with Crippen molar-refractivity contribution in [1.29, 1.82) is 0 Å². The number of benzene rings is 2. The zero-order chi connectivity index (χ0) is 35.1. The number of imidazole rings is 1. The topological polar surface area (TPSA) is 116 Å². The van der Waals surface area contributed by atoms with Crippen LogP contribution in [-0.2, 0) is 11.3 Å². The van der Waals surface area contributed by atoms with Crippen molar-refractivity contribution >= 4 is 22.6 Å². The number of nitrogens with zero attached hydrogens (tertiary/aromatic N) is 6. The van der Waals surface area contributed by atoms with Gasteiger partial charge in [0.2, 0.25) is 0 Å². The van der Waals surface area contributed by atoms with Gasteiger partial charge in [0.25, 0.3) is 11.5 Å². The first-order chi connectivity index (χ1) is 24.8. The first-order valence-electron chi connectivity index (χ1n) is 17.1. The molecule has 0 radical (unpaired) electrons. The predicted octanol–water partition coefficient (Wildman–Crippen LogP) is 4.89. The maximum Gasteiger partial charge on any atom is 0.337 e. The number of amides is 1. The van der Waals surface area contributed by atoms with E-state index < -0.39 is 28.9 Å². The molecule has 1 amide bonds. The Balaban J connectivity index is 1.09. The number of hydrogen-bond donors (Lipinski definition) is 1. The molecule has 2 aromatic carbocycles. The Morgan fingerprint density at radius 1 is 0.902 bits per heavy atom. The van der Waals surface area contributed by atoms with Gasteiger partial charge in [-0.05, 0) is 72.7 Å². The zero-order valence-electron chi connectivity index (χ0n) is 27.7. The number of nitrogens with one attached hydrogen (secondary N) is 1. The molecule has 0 atom stereocenters. The van der Waals surface area contributed by atoms with E-state index in [-0.39, 0.29) is 28.7 Å². The number of fused-ring (bicyclic) bond motifs is 2. The summed E-state index contributed by atoms with van der Waals surface area (Å²) in [7, 11) is 0. The van der Waals surface area contributed by atoms with E-state index in [0.717, 1.165) is 48.6 Å². The van der Waals surface area contributed by atoms with Gasteiger partial charge in [0, 0.05) is 44.1 Å². The number of hydrogen-bond acceptors (Lipinski definition) is 7. The number of aromatic nitrogens is 5. The van der Waals surface area contributed by atoms with Crippen molar-refractivity contribution in [2.75, 3.05) is 26.3 Å². The molecule has 0 unspecified atom stereocenters. The predicted molar refractivity (Wildman–Crippen MR) is 187 cm³/mol. The molecule has 0 spiro atoms. The number of halogens is 2. The van der Waals surface area contributed by atoms with E-state index in [2.05, 4.69) is 32.3 Å². The average molecular weight is 692 g/mol. The minimum absolute atomic E-state index is 0.00596. The van der Waals surface area contributed by atoms with E-state index in [4.69, 9.17) is 4.74 Å². The van der Waals surface area contributed by atoms with Crippen LogP contribution in [-0.4, -0.2) is 66.7 Å². The minimum atomic E-state index is -0.678. The molecule has 1 saturated heterocycles. The third kappa shape index (κ3) is 6.46. The number of carbonyl (C=O) groups excluding carboxylic acids is 1. The Kier molecular flexibility index (Phi) is 8.74. The van der Waals surface area contributed by atoms with Crippen molar-refractivity contribution in [3.05, 3.63) is 129 Å². The van der Waals surface area contributed by atoms with Gasteiger partial charge in [-0.3, -0.25) is 19.1 Å². The molecular formula is C38H35F2N7O4. The summed E-state index contributed by atoms with van der Waals surface area (Å²) in [5.41, 5.74) is 3.08. The summed E-state index contributed by atoms with van der Waals surface area (Å²) < 4.78 is 37.8. The largest absolute Gasteiger partial charge is 0.379 e. The third-order valence-electron chi connectivity index (χ3n) is 9.87. The van der Waals surface area contributed by atoms with Crippen LogP contribution in [0.3, 0.4) is 0 Å². The maximum absolute atomic E-state index is 14.6. The van der Waals surface area contributed by atoms with E-state index in [1.165, 1.54) is 38.1 Å². The lowest BCUT2D eigenvalue weighted by Gasteiger charge is -2.30. The van der Waals surface area contributed by atoms with Gasteiger partial charge in [0.05, 0.1) is 30.5 Å². The maximum atomic E-state index is 14.6. The summed E-state index contributed by atoms with van der Waals surface area (Å²) in [4.78, 5) is 52.2. The lowest BCUT2D eigenvalue weighted by Crippen LogP contribution is -2.45. The number of carbonyl (C=O) groups is 1. The first-order valence-corrected chi connectivity index (χ1v) is 17.1. The summed E-state index contributed by atoms with van der Waals surface area (Å²) in [6.45, 7) is 3.83. The van der Waals surface area contributed by atoms with Crippen LogP contribution in [0.15, 0.2) is 94.9 Å². The molecule has 1 N–H and O–H groups in total. The van der Waals surface area contributed by atoms with Crippen molar-refractivity contribution < 1.29 is 18.3 Å². The van der Waals surface area contributed by atoms with Crippen LogP contribution in [0.25, 0.3) is 33.5 Å². The second-order valence-electron chi connectivity index (χ2n) is 13.1. The molecule has 260 valence electrons. The zero-order valence-corrected chi connectivity index (χ0v) is 27.7. The number of pyridine rings is 2. The molecule has 8 rings (SSSR count). The van der Waals surface area contributed by atoms with E-state index in [1.54, 1.807) is 6.07 Å². The highest BCUT2D eigenvalue weighted by Crippen LogP contribution is 2.30. The highest BCUT2D eigenvalue weighted by Gasteiger charge is 2.29. The van der Waals surface area contributed by atoms with E-state index in [0.29, 0.717) is 50.2 Å². The smallest absolute Gasteiger partial charge is 0.337 e. The van der Waals surface area contributed by atoms with E-state index in [9.17, 15) is 23.2 Å². The van der Waals surface area contributed by atoms with Crippen LogP contribution < -0.4 is 16.6 Å². The van der Waals surface area contributed by atoms with Gasteiger partial charge in [0.1, 0.15) is 23.0 Å². The van der Waals surface area contributed by atoms with Crippen molar-refractivity contribution in [2.45, 2.75) is 44.3 Å². The summed E-state index contributed by atoms with van der Waals surface area (Å²) in [5.74, 6) is -1.51. The Labute approximate surface area is 290 Å². The van der Waals surface area contributed by atoms with Crippen LogP contribution in [0.5, 0.6) is 0 Å². The SMILES string of the molecule is O=C(NC1CCC(n2c(=O)c3cc(F)cnc3n(-c3cccc(-c4ccccc4CN4CCOCC4)c3)c2=O)CC1)c1cn2cc(F)ccc2n1. The molecule has 4 aromatic heterocycles. The molecule has 6 aromatic rings. The first kappa shape index (κ1) is 32.7. The quantitative estimate of drug-likeness (QED) is 0.254. The molecule has 1 aliphatic carbocycles. The van der Waals surface area contributed by atoms with Crippen LogP contribution in [0.2, 0.25) is 0 Å². The van der Waals surface area contributed by atoms with E-state index >= 15 is 0 Å². The van der Waals surface area contributed by atoms with Gasteiger partial charge < -0.3 is 14.5 Å². The fourth-order valence-electron chi connectivity index (χ4n) is 7.30. The number of rotatable bonds is 7. The minimum Gasteiger partial charge on any atom is -0.379 e. The summed E-state index contributed by atoms with van der Waals surface area (Å²) in [5, 5.41) is 3.00. The Morgan fingerprint density at radius 2 is 1.71 bits per heavy atom. The van der Waals surface area contributed by atoms with Crippen LogP contribution in [0, 0.1) is 11.6 Å². The lowest BCUT2D eigenvalue weighted by atomic mass is 9.90. The monoisotopic (exact) mass is 691 g/mol. The molecule has 5 heterocycles. The van der Waals surface area contributed by atoms with Crippen molar-refractivity contribution in [3.8, 4) is 16.8 Å². The molecule has 51 heavy (non-hydrogen) atoms. The van der Waals surface area contributed by atoms with Crippen LogP contribution in [0.1, 0.15) is 47.8 Å². The summed E-state index contributed by atoms with van der Waals surface area (Å²) in [6.07, 6.45) is 5.59. The highest BCUT2D eigenvalue weighted by atomic mass is 19.1. The second kappa shape index (κ2) is 13.6. The molecule has 11 nitrogen and oxygen atoms in total. The molecule has 2 fully saturated rings. The summed E-state index contributed by atoms with van der Waals surface area (Å²) in [6, 6.07) is 18.9. The van der Waals surface area contributed by atoms with Crippen molar-refractivity contribution in [1.82, 2.24) is 33.7 Å². The normalized spacial score (nSPS) is 18.3. The molecule has 1 saturated carbocycles. The van der Waals surface area contributed by atoms with Crippen molar-refractivity contribution in [3.63, 3.8) is 0 Å². The van der Waals surface area contributed by atoms with Gasteiger partial charge >= 0.3 is 5.69 Å². The van der Waals surface area contributed by atoms with Gasteiger partial charge in [-0.1, -0.05) is 36.4 Å². The van der Waals surface area contributed by atoms with Gasteiger partial charge in [0.15, 0.2) is 5.65 Å². The second-order valence-corrected chi connectivity index (χ2v) is 13.1. The van der Waals surface area contributed by atoms with Gasteiger partial charge in [-0.25, -0.2) is 28.1 Å². The fourth-order valence-corrected chi connectivity index (χ4v) is 7.30. The summed E-state index contributed by atoms with van der Waals surface area (Å²) >= 11 is 0. The van der Waals surface area contributed by atoms with Crippen LogP contribution in [0.4, 0.5) is 8.78 Å². The molecule has 0 bridgehead atoms. The van der Waals surface area contributed by atoms with Crippen LogP contribution >= 0.6 is 0 Å². The molecule has 2 aliphatic rings. The van der Waals surface area contributed by atoms with E-state index in [1.807, 2.05) is 30.3 Å². The van der Waals surface area contributed by atoms with Crippen molar-refractivity contribution in [2.24, 2.45) is 0 Å². The Hall–Kier alpha value is -5.53. The highest BCUT2D eigenvalue weighted by molar-refractivity contribution is 5.93. The van der Waals surface area contributed by atoms with Gasteiger partial charge in [-0.15, -0.1) is 0 Å². The number of ether oxygens (including phenoxy) is 1.